The van der Waals surface area contributed by atoms with Gasteiger partial charge in [-0.1, -0.05) is 128 Å². The lowest BCUT2D eigenvalue weighted by atomic mass is 9.96. The Morgan fingerprint density at radius 1 is 0.525 bits per heavy atom. The zero-order valence-corrected chi connectivity index (χ0v) is 57.0. The normalized spacial score (nSPS) is 22.8. The molecule has 4 rings (SSSR count). The van der Waals surface area contributed by atoms with E-state index in [1.807, 2.05) is 0 Å². The maximum absolute atomic E-state index is 15.1. The Bertz CT molecular complexity index is 2970. The number of nitrogens with one attached hydrogen (secondary N) is 11. The largest absolute Gasteiger partial charge is 0.481 e. The van der Waals surface area contributed by atoms with Gasteiger partial charge in [0.15, 0.2) is 0 Å². The van der Waals surface area contributed by atoms with E-state index in [1.165, 1.54) is 43.4 Å². The second kappa shape index (κ2) is 43.2. The quantitative estimate of drug-likeness (QED) is 0.0402. The monoisotopic (exact) mass is 1400 g/mol. The topological polar surface area (TPSA) is 493 Å². The summed E-state index contributed by atoms with van der Waals surface area (Å²) in [5.74, 6) is -19.0. The highest BCUT2D eigenvalue weighted by Crippen LogP contribution is 2.23. The summed E-state index contributed by atoms with van der Waals surface area (Å²) < 4.78 is 0. The van der Waals surface area contributed by atoms with Crippen LogP contribution in [0, 0.1) is 5.92 Å². The van der Waals surface area contributed by atoms with Crippen molar-refractivity contribution in [1.29, 1.82) is 0 Å². The molecule has 3 aliphatic rings. The van der Waals surface area contributed by atoms with Gasteiger partial charge in [-0.3, -0.25) is 76.7 Å². The molecule has 550 valence electrons. The zero-order chi connectivity index (χ0) is 73.1. The SMILES string of the molecule is CCCCCCCCCCCCCCC(=O)N[C@H](Cc1ccccc1)C(=O)N[C@@H](CC(=O)O)C(=O)N[C@H]1CNC(=O)[C@@H]2CCCN2C(=O)[C@H]([C@@H](C)CC)NC(=O)[C@H]([C@@H](C)O)NC(=O)CNC(=O)[C@H](CC(=O)O)NC(=O)CNC(=O)[C@H](CC(=O)O)NC(=O)CNC(=O)[C@@H]2CCCCN2C1=O. The molecule has 1 aromatic carbocycles. The molecule has 0 unspecified atom stereocenters. The number of benzene rings is 1. The Labute approximate surface area is 575 Å². The molecule has 1 aromatic rings. The molecule has 11 atom stereocenters. The minimum absolute atomic E-state index is 0.0230. The number of aliphatic carboxylic acids is 3. The van der Waals surface area contributed by atoms with Crippen LogP contribution in [0.5, 0.6) is 0 Å². The van der Waals surface area contributed by atoms with Gasteiger partial charge in [0.05, 0.1) is 45.0 Å². The number of aliphatic hydroxyl groups excluding tert-OH is 1. The number of nitrogens with zero attached hydrogens (tertiary/aromatic N) is 2. The highest BCUT2D eigenvalue weighted by Gasteiger charge is 2.43. The summed E-state index contributed by atoms with van der Waals surface area (Å²) in [7, 11) is 0. The van der Waals surface area contributed by atoms with E-state index >= 15 is 4.79 Å². The number of carboxylic acid groups (broad SMARTS) is 3. The fraction of sp³-hybridized carbons (Fsp3) is 0.667. The highest BCUT2D eigenvalue weighted by atomic mass is 16.4. The Hall–Kier alpha value is -9.30. The average molecular weight is 1400 g/mol. The smallest absolute Gasteiger partial charge is 0.305 e. The Morgan fingerprint density at radius 2 is 1.02 bits per heavy atom. The van der Waals surface area contributed by atoms with Gasteiger partial charge in [-0.2, -0.15) is 0 Å². The fourth-order valence-corrected chi connectivity index (χ4v) is 11.7. The van der Waals surface area contributed by atoms with E-state index in [-0.39, 0.29) is 58.0 Å². The number of piperidine rings is 1. The number of hydrogen-bond acceptors (Lipinski definition) is 17. The summed E-state index contributed by atoms with van der Waals surface area (Å²) in [6.07, 6.45) is 8.88. The maximum Gasteiger partial charge on any atom is 0.305 e. The average Bonchev–Trinajstić information content (AvgIpc) is 1.73. The molecular formula is C66H101N13O20. The van der Waals surface area contributed by atoms with Crippen molar-refractivity contribution < 1.29 is 97.1 Å². The molecule has 0 bridgehead atoms. The van der Waals surface area contributed by atoms with Crippen LogP contribution in [0.1, 0.15) is 175 Å². The lowest BCUT2D eigenvalue weighted by molar-refractivity contribution is -0.146. The van der Waals surface area contributed by atoms with E-state index in [0.29, 0.717) is 18.4 Å². The van der Waals surface area contributed by atoms with Gasteiger partial charge in [0.25, 0.3) is 0 Å². The van der Waals surface area contributed by atoms with Crippen LogP contribution in [-0.4, -0.2) is 225 Å². The minimum Gasteiger partial charge on any atom is -0.481 e. The van der Waals surface area contributed by atoms with E-state index in [4.69, 9.17) is 0 Å². The minimum atomic E-state index is -1.95. The first-order chi connectivity index (χ1) is 47.1. The maximum atomic E-state index is 15.1. The summed E-state index contributed by atoms with van der Waals surface area (Å²) in [5, 5.41) is 65.8. The summed E-state index contributed by atoms with van der Waals surface area (Å²) >= 11 is 0. The number of carbonyl (C=O) groups excluding carboxylic acids is 13. The summed E-state index contributed by atoms with van der Waals surface area (Å²) in [5.41, 5.74) is 0.603. The molecule has 99 heavy (non-hydrogen) atoms. The number of carboxylic acids is 3. The number of fused-ring (bicyclic) bond motifs is 2. The van der Waals surface area contributed by atoms with Crippen LogP contribution in [-0.2, 0) is 83.1 Å². The van der Waals surface area contributed by atoms with Crippen LogP contribution in [0.15, 0.2) is 30.3 Å². The van der Waals surface area contributed by atoms with Crippen molar-refractivity contribution in [3.05, 3.63) is 35.9 Å². The molecule has 3 aliphatic heterocycles. The van der Waals surface area contributed by atoms with Gasteiger partial charge < -0.3 is 88.7 Å². The molecule has 13 amide bonds. The van der Waals surface area contributed by atoms with Crippen molar-refractivity contribution in [3.8, 4) is 0 Å². The number of hydrogen-bond donors (Lipinski definition) is 15. The van der Waals surface area contributed by atoms with Gasteiger partial charge in [-0.15, -0.1) is 0 Å². The first-order valence-corrected chi connectivity index (χ1v) is 34.3. The van der Waals surface area contributed by atoms with Crippen molar-refractivity contribution in [1.82, 2.24) is 68.3 Å². The van der Waals surface area contributed by atoms with E-state index in [9.17, 15) is 92.3 Å². The number of rotatable bonds is 29. The first-order valence-electron chi connectivity index (χ1n) is 34.3. The Balaban J connectivity index is 1.69. The highest BCUT2D eigenvalue weighted by molar-refractivity contribution is 6.00. The molecule has 3 saturated heterocycles. The van der Waals surface area contributed by atoms with E-state index in [1.54, 1.807) is 44.2 Å². The number of aliphatic hydroxyl groups is 1. The van der Waals surface area contributed by atoms with Crippen LogP contribution in [0.25, 0.3) is 0 Å². The van der Waals surface area contributed by atoms with Crippen molar-refractivity contribution in [2.75, 3.05) is 39.3 Å². The van der Waals surface area contributed by atoms with Gasteiger partial charge in [0, 0.05) is 32.5 Å². The van der Waals surface area contributed by atoms with Crippen molar-refractivity contribution >= 4 is 94.7 Å². The van der Waals surface area contributed by atoms with Crippen LogP contribution in [0.3, 0.4) is 0 Å². The van der Waals surface area contributed by atoms with Crippen LogP contribution < -0.4 is 58.5 Å². The molecular weight excluding hydrogens is 1290 g/mol. The second-order valence-corrected chi connectivity index (χ2v) is 25.4. The number of carbonyl (C=O) groups is 16. The summed E-state index contributed by atoms with van der Waals surface area (Å²) in [6.45, 7) is 2.63. The Kier molecular flexibility index (Phi) is 35.8. The molecule has 0 aromatic heterocycles. The molecule has 0 radical (unpaired) electrons. The predicted molar refractivity (Wildman–Crippen MR) is 353 cm³/mol. The molecule has 33 heteroatoms. The Morgan fingerprint density at radius 3 is 1.55 bits per heavy atom. The number of amides is 13. The van der Waals surface area contributed by atoms with Gasteiger partial charge in [0.2, 0.25) is 76.8 Å². The van der Waals surface area contributed by atoms with Crippen LogP contribution in [0.4, 0.5) is 0 Å². The standard InChI is InChI=1S/C66H101N13O20/c1-5-7-8-9-10-11-12-13-14-15-16-20-28-49(81)71-42(31-41-24-18-17-19-25-41)60(93)74-45(34-55(89)90)61(94)75-46-35-67-62(95)48-27-23-30-79(48)66(99)56(39(3)6-2)77-64(97)57(40(4)80)76-52(84)38-69-59(92)44(33-54(87)88)72-50(82)36-68-58(91)43(32-53(85)86)73-51(83)37-70-63(96)47-26-21-22-29-78(47)65(46)98/h17-19,24-25,39-40,42-48,56-57,80H,5-16,20-23,26-38H2,1-4H3,(H,67,95)(H,68,91)(H,69,92)(H,70,96)(H,71,81)(H,72,82)(H,73,83)(H,74,93)(H,75,94)(H,76,84)(H,77,97)(H,85,86)(H,87,88)(H,89,90)/t39-,40+,42+,43-,44-,45-,46-,47-,48-,56-,57-/m0/s1. The van der Waals surface area contributed by atoms with Crippen molar-refractivity contribution in [2.24, 2.45) is 5.92 Å². The van der Waals surface area contributed by atoms with Gasteiger partial charge in [-0.05, 0) is 56.9 Å². The molecule has 3 fully saturated rings. The first kappa shape index (κ1) is 82.1. The molecule has 3 heterocycles. The third kappa shape index (κ3) is 29.0. The molecule has 0 aliphatic carbocycles. The van der Waals surface area contributed by atoms with E-state index < -0.39 is 207 Å². The predicted octanol–water partition coefficient (Wildman–Crippen LogP) is -1.58. The molecule has 0 saturated carbocycles. The van der Waals surface area contributed by atoms with Gasteiger partial charge in [0.1, 0.15) is 54.4 Å². The van der Waals surface area contributed by atoms with Crippen molar-refractivity contribution in [2.45, 2.75) is 236 Å². The molecule has 33 nitrogen and oxygen atoms in total. The summed E-state index contributed by atoms with van der Waals surface area (Å²) in [6, 6.07) is -6.40. The molecule has 15 N–H and O–H groups in total. The third-order valence-electron chi connectivity index (χ3n) is 17.4. The third-order valence-corrected chi connectivity index (χ3v) is 17.4. The van der Waals surface area contributed by atoms with Gasteiger partial charge in [-0.25, -0.2) is 0 Å². The van der Waals surface area contributed by atoms with Crippen LogP contribution in [0.2, 0.25) is 0 Å². The van der Waals surface area contributed by atoms with Crippen LogP contribution >= 0.6 is 0 Å². The van der Waals surface area contributed by atoms with E-state index in [0.717, 1.165) is 43.9 Å². The number of unbranched alkanes of at least 4 members (excludes halogenated alkanes) is 11. The molecule has 0 spiro atoms. The van der Waals surface area contributed by atoms with E-state index in [2.05, 4.69) is 65.4 Å². The summed E-state index contributed by atoms with van der Waals surface area (Å²) in [4.78, 5) is 219. The van der Waals surface area contributed by atoms with Crippen molar-refractivity contribution in [3.63, 3.8) is 0 Å². The lowest BCUT2D eigenvalue weighted by Crippen LogP contribution is -2.63. The fourth-order valence-electron chi connectivity index (χ4n) is 11.7. The van der Waals surface area contributed by atoms with Gasteiger partial charge >= 0.3 is 17.9 Å². The lowest BCUT2D eigenvalue weighted by Gasteiger charge is -2.37. The zero-order valence-electron chi connectivity index (χ0n) is 57.0. The second-order valence-electron chi connectivity index (χ2n) is 25.4.